The van der Waals surface area contributed by atoms with E-state index >= 15 is 0 Å². The van der Waals surface area contributed by atoms with Gasteiger partial charge in [0.2, 0.25) is 5.89 Å². The van der Waals surface area contributed by atoms with Crippen LogP contribution >= 0.6 is 11.8 Å². The third-order valence-electron chi connectivity index (χ3n) is 3.41. The first kappa shape index (κ1) is 16.3. The predicted octanol–water partition coefficient (Wildman–Crippen LogP) is 2.90. The minimum Gasteiger partial charge on any atom is -0.407 e. The molecule has 0 aromatic carbocycles. The van der Waals surface area contributed by atoms with Gasteiger partial charge in [-0.3, -0.25) is 0 Å². The third-order valence-corrected chi connectivity index (χ3v) is 5.00. The SMILES string of the molecule is CCC(CC)(CNc1nnc(CNC(C)C)o1)SC. The minimum absolute atomic E-state index is 0.241. The highest BCUT2D eigenvalue weighted by Gasteiger charge is 2.25. The molecule has 1 aromatic heterocycles. The Labute approximate surface area is 120 Å². The quantitative estimate of drug-likeness (QED) is 0.728. The highest BCUT2D eigenvalue weighted by Crippen LogP contribution is 2.30. The molecule has 0 saturated heterocycles. The zero-order valence-electron chi connectivity index (χ0n) is 12.6. The third kappa shape index (κ3) is 5.03. The molecule has 0 spiro atoms. The standard InChI is InChI=1S/C13H26N4OS/c1-6-13(7-2,19-5)9-15-12-17-16-11(18-12)8-14-10(3)4/h10,14H,6-9H2,1-5H3,(H,15,17). The van der Waals surface area contributed by atoms with Crippen LogP contribution in [0.2, 0.25) is 0 Å². The molecule has 0 radical (unpaired) electrons. The van der Waals surface area contributed by atoms with Crippen molar-refractivity contribution in [3.8, 4) is 0 Å². The average Bonchev–Trinajstić information content (AvgIpc) is 2.87. The van der Waals surface area contributed by atoms with Gasteiger partial charge in [-0.15, -0.1) is 5.10 Å². The number of aromatic nitrogens is 2. The molecule has 0 unspecified atom stereocenters. The Morgan fingerprint density at radius 2 is 1.95 bits per heavy atom. The lowest BCUT2D eigenvalue weighted by molar-refractivity contribution is 0.455. The molecule has 0 saturated carbocycles. The van der Waals surface area contributed by atoms with Gasteiger partial charge in [-0.05, 0) is 19.1 Å². The molecule has 110 valence electrons. The maximum absolute atomic E-state index is 5.56. The fraction of sp³-hybridized carbons (Fsp3) is 0.846. The van der Waals surface area contributed by atoms with Gasteiger partial charge in [0.05, 0.1) is 6.54 Å². The van der Waals surface area contributed by atoms with Crippen molar-refractivity contribution in [3.63, 3.8) is 0 Å². The van der Waals surface area contributed by atoms with Crippen LogP contribution in [0, 0.1) is 0 Å². The van der Waals surface area contributed by atoms with E-state index in [1.807, 2.05) is 11.8 Å². The summed E-state index contributed by atoms with van der Waals surface area (Å²) in [6.07, 6.45) is 4.39. The number of hydrogen-bond donors (Lipinski definition) is 2. The zero-order chi connectivity index (χ0) is 14.3. The number of rotatable bonds is 9. The molecule has 0 fully saturated rings. The Hall–Kier alpha value is -0.750. The number of nitrogens with zero attached hydrogens (tertiary/aromatic N) is 2. The lowest BCUT2D eigenvalue weighted by Crippen LogP contribution is -2.32. The van der Waals surface area contributed by atoms with Gasteiger partial charge in [-0.25, -0.2) is 0 Å². The van der Waals surface area contributed by atoms with Crippen molar-refractivity contribution < 1.29 is 4.42 Å². The number of anilines is 1. The van der Waals surface area contributed by atoms with E-state index < -0.39 is 0 Å². The van der Waals surface area contributed by atoms with Crippen LogP contribution < -0.4 is 10.6 Å². The molecule has 1 heterocycles. The molecule has 0 amide bonds. The summed E-state index contributed by atoms with van der Waals surface area (Å²) < 4.78 is 5.80. The Kier molecular flexibility index (Phi) is 6.65. The molecule has 5 nitrogen and oxygen atoms in total. The molecule has 2 N–H and O–H groups in total. The second kappa shape index (κ2) is 7.75. The van der Waals surface area contributed by atoms with E-state index in [1.54, 1.807) is 0 Å². The second-order valence-electron chi connectivity index (χ2n) is 4.98. The van der Waals surface area contributed by atoms with E-state index in [0.29, 0.717) is 24.5 Å². The first-order valence-corrected chi connectivity index (χ1v) is 8.12. The Bertz CT molecular complexity index is 355. The molecular weight excluding hydrogens is 260 g/mol. The summed E-state index contributed by atoms with van der Waals surface area (Å²) in [5, 5.41) is 14.6. The number of hydrogen-bond acceptors (Lipinski definition) is 6. The van der Waals surface area contributed by atoms with Gasteiger partial charge < -0.3 is 15.1 Å². The summed E-state index contributed by atoms with van der Waals surface area (Å²) in [6, 6.07) is 0.925. The fourth-order valence-corrected chi connectivity index (χ4v) is 2.58. The van der Waals surface area contributed by atoms with Crippen LogP contribution in [0.25, 0.3) is 0 Å². The van der Waals surface area contributed by atoms with E-state index in [-0.39, 0.29) is 4.75 Å². The summed E-state index contributed by atoms with van der Waals surface area (Å²) in [7, 11) is 0. The summed E-state index contributed by atoms with van der Waals surface area (Å²) in [4.78, 5) is 0. The predicted molar refractivity (Wildman–Crippen MR) is 81.6 cm³/mol. The van der Waals surface area contributed by atoms with Gasteiger partial charge in [0.15, 0.2) is 0 Å². The van der Waals surface area contributed by atoms with Crippen LogP contribution in [0.15, 0.2) is 4.42 Å². The van der Waals surface area contributed by atoms with Crippen LogP contribution in [0.4, 0.5) is 6.01 Å². The molecule has 0 aliphatic carbocycles. The van der Waals surface area contributed by atoms with E-state index in [2.05, 4.69) is 54.8 Å². The van der Waals surface area contributed by atoms with E-state index in [1.165, 1.54) is 0 Å². The smallest absolute Gasteiger partial charge is 0.315 e. The topological polar surface area (TPSA) is 63.0 Å². The monoisotopic (exact) mass is 286 g/mol. The second-order valence-corrected chi connectivity index (χ2v) is 6.26. The fourth-order valence-electron chi connectivity index (χ4n) is 1.79. The molecular formula is C13H26N4OS. The Morgan fingerprint density at radius 3 is 2.47 bits per heavy atom. The van der Waals surface area contributed by atoms with Crippen molar-refractivity contribution in [2.45, 2.75) is 57.9 Å². The summed E-state index contributed by atoms with van der Waals surface area (Å²) in [5.74, 6) is 0.624. The van der Waals surface area contributed by atoms with Crippen LogP contribution in [-0.4, -0.2) is 33.8 Å². The van der Waals surface area contributed by atoms with Crippen LogP contribution in [0.1, 0.15) is 46.4 Å². The average molecular weight is 286 g/mol. The highest BCUT2D eigenvalue weighted by atomic mass is 32.2. The van der Waals surface area contributed by atoms with Crippen LogP contribution in [-0.2, 0) is 6.54 Å². The van der Waals surface area contributed by atoms with Crippen molar-refractivity contribution in [1.29, 1.82) is 0 Å². The normalized spacial score (nSPS) is 12.1. The molecule has 1 aromatic rings. The largest absolute Gasteiger partial charge is 0.407 e. The highest BCUT2D eigenvalue weighted by molar-refractivity contribution is 8.00. The van der Waals surface area contributed by atoms with Gasteiger partial charge >= 0.3 is 6.01 Å². The summed E-state index contributed by atoms with van der Waals surface area (Å²) in [6.45, 7) is 10.1. The zero-order valence-corrected chi connectivity index (χ0v) is 13.4. The Balaban J connectivity index is 2.49. The van der Waals surface area contributed by atoms with Crippen molar-refractivity contribution >= 4 is 17.8 Å². The van der Waals surface area contributed by atoms with Crippen LogP contribution in [0.5, 0.6) is 0 Å². The summed E-state index contributed by atoms with van der Waals surface area (Å²) in [5.41, 5.74) is 0. The first-order valence-electron chi connectivity index (χ1n) is 6.90. The Morgan fingerprint density at radius 1 is 1.26 bits per heavy atom. The van der Waals surface area contributed by atoms with E-state index in [9.17, 15) is 0 Å². The molecule has 6 heteroatoms. The van der Waals surface area contributed by atoms with Gasteiger partial charge in [0.1, 0.15) is 0 Å². The van der Waals surface area contributed by atoms with Gasteiger partial charge in [0.25, 0.3) is 0 Å². The minimum atomic E-state index is 0.241. The molecule has 0 bridgehead atoms. The van der Waals surface area contributed by atoms with Crippen molar-refractivity contribution in [2.75, 3.05) is 18.1 Å². The van der Waals surface area contributed by atoms with Crippen molar-refractivity contribution in [3.05, 3.63) is 5.89 Å². The lowest BCUT2D eigenvalue weighted by atomic mass is 10.0. The maximum Gasteiger partial charge on any atom is 0.315 e. The van der Waals surface area contributed by atoms with E-state index in [4.69, 9.17) is 4.42 Å². The number of nitrogens with one attached hydrogen (secondary N) is 2. The molecule has 0 aliphatic heterocycles. The lowest BCUT2D eigenvalue weighted by Gasteiger charge is -2.29. The molecule has 1 rings (SSSR count). The van der Waals surface area contributed by atoms with Crippen molar-refractivity contribution in [2.24, 2.45) is 0 Å². The van der Waals surface area contributed by atoms with Gasteiger partial charge in [-0.1, -0.05) is 32.8 Å². The van der Waals surface area contributed by atoms with Crippen LogP contribution in [0.3, 0.4) is 0 Å². The van der Waals surface area contributed by atoms with Gasteiger partial charge in [0, 0.05) is 17.3 Å². The van der Waals surface area contributed by atoms with Gasteiger partial charge in [-0.2, -0.15) is 11.8 Å². The van der Waals surface area contributed by atoms with E-state index in [0.717, 1.165) is 19.4 Å². The first-order chi connectivity index (χ1) is 9.05. The molecule has 0 aliphatic rings. The molecule has 0 atom stereocenters. The molecule has 19 heavy (non-hydrogen) atoms. The van der Waals surface area contributed by atoms with Crippen molar-refractivity contribution in [1.82, 2.24) is 15.5 Å². The number of thioether (sulfide) groups is 1. The maximum atomic E-state index is 5.56. The summed E-state index contributed by atoms with van der Waals surface area (Å²) >= 11 is 1.89.